The topological polar surface area (TPSA) is 87.7 Å². The van der Waals surface area contributed by atoms with Gasteiger partial charge in [0.2, 0.25) is 0 Å². The van der Waals surface area contributed by atoms with Crippen LogP contribution in [0.15, 0.2) is 48.7 Å². The van der Waals surface area contributed by atoms with Gasteiger partial charge in [0.25, 0.3) is 5.79 Å². The standard InChI is InChI=1S/C26H25ClFN3O4/c1-26(20-7-5-17(27)13-21(20)28)34-22-4-2-3-19(25(22)35-26)16-9-11-31(12-10-16)15-23-29-14-18(30-23)6-8-24(32)33/h2-8,13-14,16H,9-12,15H2,1H3,(H,29,30)(H,32,33)/b8-6+. The normalized spacial score (nSPS) is 20.5. The van der Waals surface area contributed by atoms with Crippen LogP contribution in [0.2, 0.25) is 5.02 Å². The van der Waals surface area contributed by atoms with Crippen molar-refractivity contribution in [3.05, 3.63) is 82.2 Å². The second-order valence-electron chi connectivity index (χ2n) is 8.96. The zero-order valence-electron chi connectivity index (χ0n) is 19.1. The van der Waals surface area contributed by atoms with E-state index in [0.29, 0.717) is 34.3 Å². The van der Waals surface area contributed by atoms with Crippen LogP contribution in [-0.4, -0.2) is 39.0 Å². The largest absolute Gasteiger partial charge is 0.478 e. The summed E-state index contributed by atoms with van der Waals surface area (Å²) in [4.78, 5) is 20.5. The molecular weight excluding hydrogens is 473 g/mol. The van der Waals surface area contributed by atoms with Crippen molar-refractivity contribution in [2.75, 3.05) is 13.1 Å². The highest BCUT2D eigenvalue weighted by Gasteiger charge is 2.42. The first kappa shape index (κ1) is 23.4. The summed E-state index contributed by atoms with van der Waals surface area (Å²) in [5.74, 6) is -0.367. The molecule has 182 valence electrons. The average molecular weight is 498 g/mol. The lowest BCUT2D eigenvalue weighted by molar-refractivity contribution is -0.131. The van der Waals surface area contributed by atoms with Gasteiger partial charge in [0.15, 0.2) is 11.5 Å². The number of likely N-dealkylation sites (tertiary alicyclic amines) is 1. The SMILES string of the molecule is CC1(c2ccc(Cl)cc2F)Oc2cccc(C3CCN(Cc4ncc(/C=C/C(=O)O)[nH]4)CC3)c2O1. The van der Waals surface area contributed by atoms with Crippen molar-refractivity contribution in [2.45, 2.75) is 38.0 Å². The van der Waals surface area contributed by atoms with E-state index in [1.807, 2.05) is 12.1 Å². The predicted molar refractivity (Wildman–Crippen MR) is 129 cm³/mol. The molecule has 0 radical (unpaired) electrons. The maximum Gasteiger partial charge on any atom is 0.328 e. The monoisotopic (exact) mass is 497 g/mol. The highest BCUT2D eigenvalue weighted by atomic mass is 35.5. The van der Waals surface area contributed by atoms with E-state index >= 15 is 0 Å². The number of aromatic nitrogens is 2. The first-order valence-electron chi connectivity index (χ1n) is 11.4. The van der Waals surface area contributed by atoms with Gasteiger partial charge in [-0.3, -0.25) is 4.90 Å². The van der Waals surface area contributed by atoms with Crippen molar-refractivity contribution in [2.24, 2.45) is 0 Å². The molecule has 9 heteroatoms. The molecular formula is C26H25ClFN3O4. The summed E-state index contributed by atoms with van der Waals surface area (Å²) in [6.45, 7) is 4.13. The van der Waals surface area contributed by atoms with E-state index in [1.165, 1.54) is 12.1 Å². The average Bonchev–Trinajstić information content (AvgIpc) is 3.41. The summed E-state index contributed by atoms with van der Waals surface area (Å²) >= 11 is 5.92. The molecule has 0 spiro atoms. The van der Waals surface area contributed by atoms with Gasteiger partial charge >= 0.3 is 5.97 Å². The van der Waals surface area contributed by atoms with E-state index < -0.39 is 17.6 Å². The Hall–Kier alpha value is -3.36. The number of carbonyl (C=O) groups is 1. The first-order valence-corrected chi connectivity index (χ1v) is 11.8. The number of hydrogen-bond donors (Lipinski definition) is 2. The summed E-state index contributed by atoms with van der Waals surface area (Å²) in [5.41, 5.74) is 2.03. The van der Waals surface area contributed by atoms with Gasteiger partial charge in [-0.15, -0.1) is 0 Å². The third-order valence-corrected chi connectivity index (χ3v) is 6.72. The van der Waals surface area contributed by atoms with Crippen LogP contribution < -0.4 is 9.47 Å². The van der Waals surface area contributed by atoms with Crippen molar-refractivity contribution in [3.63, 3.8) is 0 Å². The Balaban J connectivity index is 1.25. The molecule has 2 N–H and O–H groups in total. The second kappa shape index (κ2) is 9.36. The minimum absolute atomic E-state index is 0.285. The number of para-hydroxylation sites is 1. The van der Waals surface area contributed by atoms with Gasteiger partial charge < -0.3 is 19.6 Å². The van der Waals surface area contributed by atoms with Crippen LogP contribution in [0.3, 0.4) is 0 Å². The van der Waals surface area contributed by atoms with Gasteiger partial charge in [0, 0.05) is 23.6 Å². The summed E-state index contributed by atoms with van der Waals surface area (Å²) < 4.78 is 27.0. The zero-order chi connectivity index (χ0) is 24.6. The number of benzene rings is 2. The maximum atomic E-state index is 14.6. The molecule has 3 heterocycles. The second-order valence-corrected chi connectivity index (χ2v) is 9.39. The molecule has 0 amide bonds. The molecule has 0 bridgehead atoms. The van der Waals surface area contributed by atoms with E-state index in [1.54, 1.807) is 25.3 Å². The third kappa shape index (κ3) is 4.90. The molecule has 35 heavy (non-hydrogen) atoms. The molecule has 2 aliphatic rings. The number of nitrogens with one attached hydrogen (secondary N) is 1. The van der Waals surface area contributed by atoms with Crippen molar-refractivity contribution in [3.8, 4) is 11.5 Å². The first-order chi connectivity index (χ1) is 16.8. The number of hydrogen-bond acceptors (Lipinski definition) is 5. The molecule has 1 aromatic heterocycles. The Labute approximate surface area is 207 Å². The highest BCUT2D eigenvalue weighted by molar-refractivity contribution is 6.30. The molecule has 5 rings (SSSR count). The molecule has 2 aromatic carbocycles. The van der Waals surface area contributed by atoms with Gasteiger partial charge in [-0.2, -0.15) is 0 Å². The smallest absolute Gasteiger partial charge is 0.328 e. The van der Waals surface area contributed by atoms with Gasteiger partial charge in [-0.05, 0) is 62.2 Å². The number of aromatic amines is 1. The van der Waals surface area contributed by atoms with Gasteiger partial charge in [0.1, 0.15) is 11.6 Å². The Morgan fingerprint density at radius 1 is 1.31 bits per heavy atom. The number of imidazole rings is 1. The molecule has 1 unspecified atom stereocenters. The van der Waals surface area contributed by atoms with E-state index in [4.69, 9.17) is 26.2 Å². The van der Waals surface area contributed by atoms with E-state index in [0.717, 1.165) is 43.4 Å². The van der Waals surface area contributed by atoms with Crippen LogP contribution in [0.1, 0.15) is 48.3 Å². The maximum absolute atomic E-state index is 14.6. The quantitative estimate of drug-likeness (QED) is 0.448. The molecule has 7 nitrogen and oxygen atoms in total. The lowest BCUT2D eigenvalue weighted by Crippen LogP contribution is -2.34. The molecule has 1 saturated heterocycles. The van der Waals surface area contributed by atoms with Crippen LogP contribution in [0, 0.1) is 5.82 Å². The summed E-state index contributed by atoms with van der Waals surface area (Å²) in [7, 11) is 0. The predicted octanol–water partition coefficient (Wildman–Crippen LogP) is 5.32. The molecule has 3 aromatic rings. The number of carboxylic acids is 1. The summed E-state index contributed by atoms with van der Waals surface area (Å²) in [6, 6.07) is 10.3. The number of piperidine rings is 1. The number of H-pyrrole nitrogens is 1. The fourth-order valence-corrected chi connectivity index (χ4v) is 4.91. The lowest BCUT2D eigenvalue weighted by Gasteiger charge is -2.32. The van der Waals surface area contributed by atoms with Crippen LogP contribution in [0.4, 0.5) is 4.39 Å². The van der Waals surface area contributed by atoms with Crippen LogP contribution in [0.25, 0.3) is 6.08 Å². The lowest BCUT2D eigenvalue weighted by atomic mass is 9.88. The molecule has 1 fully saturated rings. The van der Waals surface area contributed by atoms with Crippen molar-refractivity contribution in [1.29, 1.82) is 0 Å². The Kier molecular flexibility index (Phi) is 6.25. The Bertz CT molecular complexity index is 1290. The van der Waals surface area contributed by atoms with E-state index in [-0.39, 0.29) is 5.92 Å². The minimum Gasteiger partial charge on any atom is -0.478 e. The van der Waals surface area contributed by atoms with Gasteiger partial charge in [0.05, 0.1) is 24.0 Å². The molecule has 2 aliphatic heterocycles. The number of carboxylic acid groups (broad SMARTS) is 1. The highest BCUT2D eigenvalue weighted by Crippen LogP contribution is 2.49. The summed E-state index contributed by atoms with van der Waals surface area (Å²) in [5, 5.41) is 9.08. The number of ether oxygens (including phenoxy) is 2. The minimum atomic E-state index is -1.26. The number of halogens is 2. The van der Waals surface area contributed by atoms with Crippen LogP contribution >= 0.6 is 11.6 Å². The van der Waals surface area contributed by atoms with Crippen LogP contribution in [0.5, 0.6) is 11.5 Å². The molecule has 1 atom stereocenters. The number of fused-ring (bicyclic) bond motifs is 1. The van der Waals surface area contributed by atoms with E-state index in [9.17, 15) is 9.18 Å². The van der Waals surface area contributed by atoms with Crippen LogP contribution in [-0.2, 0) is 17.1 Å². The Morgan fingerprint density at radius 2 is 2.11 bits per heavy atom. The van der Waals surface area contributed by atoms with Gasteiger partial charge in [-0.1, -0.05) is 23.7 Å². The Morgan fingerprint density at radius 3 is 2.86 bits per heavy atom. The fraction of sp³-hybridized carbons (Fsp3) is 0.308. The number of aliphatic carboxylic acids is 1. The van der Waals surface area contributed by atoms with E-state index in [2.05, 4.69) is 20.9 Å². The molecule has 0 aliphatic carbocycles. The fourth-order valence-electron chi connectivity index (χ4n) is 4.76. The summed E-state index contributed by atoms with van der Waals surface area (Å²) in [6.07, 6.45) is 6.06. The van der Waals surface area contributed by atoms with Crippen molar-refractivity contribution in [1.82, 2.24) is 14.9 Å². The van der Waals surface area contributed by atoms with Gasteiger partial charge in [-0.25, -0.2) is 14.2 Å². The number of rotatable bonds is 6. The zero-order valence-corrected chi connectivity index (χ0v) is 19.9. The number of nitrogens with zero attached hydrogens (tertiary/aromatic N) is 2. The van der Waals surface area contributed by atoms with Crippen molar-refractivity contribution < 1.29 is 23.8 Å². The molecule has 0 saturated carbocycles. The third-order valence-electron chi connectivity index (χ3n) is 6.49. The van der Waals surface area contributed by atoms with Crippen molar-refractivity contribution >= 4 is 23.6 Å².